The van der Waals surface area contributed by atoms with Crippen LogP contribution in [0.3, 0.4) is 0 Å². The van der Waals surface area contributed by atoms with Crippen molar-refractivity contribution in [1.29, 1.82) is 0 Å². The third-order valence-electron chi connectivity index (χ3n) is 4.94. The van der Waals surface area contributed by atoms with E-state index < -0.39 is 0 Å². The maximum absolute atomic E-state index is 5.06. The van der Waals surface area contributed by atoms with Crippen molar-refractivity contribution < 1.29 is 0 Å². The molecule has 1 saturated carbocycles. The van der Waals surface area contributed by atoms with Gasteiger partial charge in [0.05, 0.1) is 16.6 Å². The minimum absolute atomic E-state index is 0.558. The van der Waals surface area contributed by atoms with Crippen molar-refractivity contribution in [1.82, 2.24) is 15.3 Å². The number of thioether (sulfide) groups is 1. The molecule has 1 saturated heterocycles. The molecular formula is C16H23N3S. The number of rotatable bonds is 2. The first kappa shape index (κ1) is 13.1. The Labute approximate surface area is 125 Å². The summed E-state index contributed by atoms with van der Waals surface area (Å²) in [7, 11) is 0. The van der Waals surface area contributed by atoms with E-state index in [1.165, 1.54) is 61.2 Å². The van der Waals surface area contributed by atoms with E-state index in [9.17, 15) is 0 Å². The number of hydrogen-bond acceptors (Lipinski definition) is 4. The highest BCUT2D eigenvalue weighted by Crippen LogP contribution is 2.41. The minimum atomic E-state index is 0.558. The van der Waals surface area contributed by atoms with E-state index >= 15 is 0 Å². The lowest BCUT2D eigenvalue weighted by Crippen LogP contribution is -2.29. The van der Waals surface area contributed by atoms with Crippen LogP contribution in [0.4, 0.5) is 0 Å². The number of nitrogens with one attached hydrogen (secondary N) is 1. The first-order valence-corrected chi connectivity index (χ1v) is 9.18. The van der Waals surface area contributed by atoms with Crippen LogP contribution < -0.4 is 5.32 Å². The third kappa shape index (κ3) is 2.37. The molecule has 2 aliphatic heterocycles. The van der Waals surface area contributed by atoms with Crippen molar-refractivity contribution in [3.8, 4) is 0 Å². The Morgan fingerprint density at radius 2 is 2.00 bits per heavy atom. The van der Waals surface area contributed by atoms with E-state index in [0.717, 1.165) is 31.3 Å². The highest BCUT2D eigenvalue weighted by molar-refractivity contribution is 7.99. The average Bonchev–Trinajstić information content (AvgIpc) is 2.46. The summed E-state index contributed by atoms with van der Waals surface area (Å²) in [5.74, 6) is 3.15. The van der Waals surface area contributed by atoms with Crippen LogP contribution in [0.5, 0.6) is 0 Å². The summed E-state index contributed by atoms with van der Waals surface area (Å²) in [6.07, 6.45) is 9.11. The second-order valence-corrected chi connectivity index (χ2v) is 7.61. The zero-order chi connectivity index (χ0) is 13.4. The predicted octanol–water partition coefficient (Wildman–Crippen LogP) is 3.35. The predicted molar refractivity (Wildman–Crippen MR) is 83.1 cm³/mol. The van der Waals surface area contributed by atoms with E-state index in [-0.39, 0.29) is 0 Å². The standard InChI is InChI=1S/C16H23N3S/c1-2-9-20-14(6-1)16-18-13-7-8-17-10-12(13)15(19-16)11-4-3-5-11/h11,14,17H,1-10H2. The molecule has 0 aromatic carbocycles. The van der Waals surface area contributed by atoms with Gasteiger partial charge < -0.3 is 5.32 Å². The van der Waals surface area contributed by atoms with Crippen LogP contribution in [0.15, 0.2) is 0 Å². The Morgan fingerprint density at radius 3 is 2.75 bits per heavy atom. The lowest BCUT2D eigenvalue weighted by Gasteiger charge is -2.31. The molecule has 1 aliphatic carbocycles. The summed E-state index contributed by atoms with van der Waals surface area (Å²) in [5, 5.41) is 4.06. The maximum Gasteiger partial charge on any atom is 0.141 e. The normalized spacial score (nSPS) is 26.9. The summed E-state index contributed by atoms with van der Waals surface area (Å²) >= 11 is 2.07. The highest BCUT2D eigenvalue weighted by atomic mass is 32.2. The van der Waals surface area contributed by atoms with Crippen molar-refractivity contribution in [2.75, 3.05) is 12.3 Å². The van der Waals surface area contributed by atoms with E-state index in [1.54, 1.807) is 0 Å². The molecule has 1 atom stereocenters. The quantitative estimate of drug-likeness (QED) is 0.906. The van der Waals surface area contributed by atoms with E-state index in [1.807, 2.05) is 0 Å². The topological polar surface area (TPSA) is 37.8 Å². The van der Waals surface area contributed by atoms with Crippen LogP contribution >= 0.6 is 11.8 Å². The summed E-state index contributed by atoms with van der Waals surface area (Å²) < 4.78 is 0. The minimum Gasteiger partial charge on any atom is -0.312 e. The number of aromatic nitrogens is 2. The molecule has 0 radical (unpaired) electrons. The first-order valence-electron chi connectivity index (χ1n) is 8.14. The molecule has 108 valence electrons. The fourth-order valence-corrected chi connectivity index (χ4v) is 4.74. The molecule has 0 amide bonds. The molecule has 4 heteroatoms. The average molecular weight is 289 g/mol. The molecule has 0 bridgehead atoms. The summed E-state index contributed by atoms with van der Waals surface area (Å²) in [5.41, 5.74) is 4.18. The van der Waals surface area contributed by atoms with Crippen LogP contribution in [0.2, 0.25) is 0 Å². The molecule has 0 spiro atoms. The first-order chi connectivity index (χ1) is 9.92. The van der Waals surface area contributed by atoms with Gasteiger partial charge in [-0.15, -0.1) is 0 Å². The summed E-state index contributed by atoms with van der Waals surface area (Å²) in [6.45, 7) is 2.06. The largest absolute Gasteiger partial charge is 0.312 e. The SMILES string of the molecule is C1CCC(c2nc3c(c(C4CCC4)n2)CNCC3)SC1. The Hall–Kier alpha value is -0.610. The third-order valence-corrected chi connectivity index (χ3v) is 6.32. The van der Waals surface area contributed by atoms with Gasteiger partial charge in [-0.2, -0.15) is 11.8 Å². The van der Waals surface area contributed by atoms with Gasteiger partial charge >= 0.3 is 0 Å². The molecule has 1 unspecified atom stereocenters. The van der Waals surface area contributed by atoms with Crippen LogP contribution in [-0.2, 0) is 13.0 Å². The molecule has 3 heterocycles. The van der Waals surface area contributed by atoms with Gasteiger partial charge in [-0.25, -0.2) is 9.97 Å². The van der Waals surface area contributed by atoms with Gasteiger partial charge in [0.25, 0.3) is 0 Å². The molecule has 1 N–H and O–H groups in total. The Balaban J connectivity index is 1.71. The van der Waals surface area contributed by atoms with Gasteiger partial charge in [0.2, 0.25) is 0 Å². The van der Waals surface area contributed by atoms with Crippen molar-refractivity contribution in [3.05, 3.63) is 22.8 Å². The van der Waals surface area contributed by atoms with Gasteiger partial charge in [-0.05, 0) is 31.4 Å². The summed E-state index contributed by atoms with van der Waals surface area (Å²) in [4.78, 5) is 10.0. The zero-order valence-corrected chi connectivity index (χ0v) is 12.8. The van der Waals surface area contributed by atoms with Crippen molar-refractivity contribution in [3.63, 3.8) is 0 Å². The smallest absolute Gasteiger partial charge is 0.141 e. The molecule has 20 heavy (non-hydrogen) atoms. The summed E-state index contributed by atoms with van der Waals surface area (Å²) in [6, 6.07) is 0. The lowest BCUT2D eigenvalue weighted by molar-refractivity contribution is 0.402. The van der Waals surface area contributed by atoms with Crippen LogP contribution in [-0.4, -0.2) is 22.3 Å². The molecule has 1 aromatic rings. The van der Waals surface area contributed by atoms with Crippen LogP contribution in [0.1, 0.15) is 72.5 Å². The van der Waals surface area contributed by atoms with Crippen molar-refractivity contribution in [2.45, 2.75) is 62.7 Å². The second kappa shape index (κ2) is 5.64. The van der Waals surface area contributed by atoms with Gasteiger partial charge in [0, 0.05) is 31.0 Å². The van der Waals surface area contributed by atoms with Crippen LogP contribution in [0.25, 0.3) is 0 Å². The van der Waals surface area contributed by atoms with Gasteiger partial charge in [0.1, 0.15) is 5.82 Å². The maximum atomic E-state index is 5.06. The fraction of sp³-hybridized carbons (Fsp3) is 0.750. The molecule has 4 rings (SSSR count). The monoisotopic (exact) mass is 289 g/mol. The molecule has 3 nitrogen and oxygen atoms in total. The number of hydrogen-bond donors (Lipinski definition) is 1. The second-order valence-electron chi connectivity index (χ2n) is 6.30. The fourth-order valence-electron chi connectivity index (χ4n) is 3.50. The number of fused-ring (bicyclic) bond motifs is 1. The lowest BCUT2D eigenvalue weighted by atomic mass is 9.80. The van der Waals surface area contributed by atoms with E-state index in [2.05, 4.69) is 17.1 Å². The highest BCUT2D eigenvalue weighted by Gasteiger charge is 2.29. The molecule has 3 aliphatic rings. The van der Waals surface area contributed by atoms with E-state index in [4.69, 9.17) is 9.97 Å². The van der Waals surface area contributed by atoms with E-state index in [0.29, 0.717) is 5.25 Å². The van der Waals surface area contributed by atoms with Gasteiger partial charge in [0.15, 0.2) is 0 Å². The van der Waals surface area contributed by atoms with Gasteiger partial charge in [-0.3, -0.25) is 0 Å². The molecule has 2 fully saturated rings. The molecule has 1 aromatic heterocycles. The van der Waals surface area contributed by atoms with Crippen LogP contribution in [0, 0.1) is 0 Å². The Morgan fingerprint density at radius 1 is 1.05 bits per heavy atom. The molecular weight excluding hydrogens is 266 g/mol. The Kier molecular flexibility index (Phi) is 3.69. The van der Waals surface area contributed by atoms with Gasteiger partial charge in [-0.1, -0.05) is 12.8 Å². The Bertz CT molecular complexity index is 493. The van der Waals surface area contributed by atoms with Crippen molar-refractivity contribution in [2.24, 2.45) is 0 Å². The van der Waals surface area contributed by atoms with Crippen molar-refractivity contribution >= 4 is 11.8 Å². The number of nitrogens with zero attached hydrogens (tertiary/aromatic N) is 2. The zero-order valence-electron chi connectivity index (χ0n) is 12.0.